The molecule has 32 heavy (non-hydrogen) atoms. The van der Waals surface area contributed by atoms with E-state index in [4.69, 9.17) is 10.1 Å². The smallest absolute Gasteiger partial charge is 0.296 e. The summed E-state index contributed by atoms with van der Waals surface area (Å²) < 4.78 is 5.82. The number of carbonyl (C=O) groups is 1. The quantitative estimate of drug-likeness (QED) is 0.395. The first-order valence-electron chi connectivity index (χ1n) is 10.3. The highest BCUT2D eigenvalue weighted by Gasteiger charge is 2.31. The van der Waals surface area contributed by atoms with Crippen LogP contribution in [0.1, 0.15) is 30.9 Å². The summed E-state index contributed by atoms with van der Waals surface area (Å²) in [4.78, 5) is 20.0. The lowest BCUT2D eigenvalue weighted by Crippen LogP contribution is -2.49. The van der Waals surface area contributed by atoms with Crippen LogP contribution in [-0.2, 0) is 4.79 Å². The summed E-state index contributed by atoms with van der Waals surface area (Å²) in [6.07, 6.45) is 4.66. The molecule has 3 N–H and O–H groups in total. The Morgan fingerprint density at radius 3 is 2.50 bits per heavy atom. The maximum Gasteiger partial charge on any atom is 0.296 e. The second-order valence-electron chi connectivity index (χ2n) is 7.46. The summed E-state index contributed by atoms with van der Waals surface area (Å²) in [5.74, 6) is 6.91. The number of hydrogen-bond acceptors (Lipinski definition) is 6. The second-order valence-corrected chi connectivity index (χ2v) is 7.46. The summed E-state index contributed by atoms with van der Waals surface area (Å²) in [7, 11) is 0. The van der Waals surface area contributed by atoms with Gasteiger partial charge in [0.25, 0.3) is 5.91 Å². The van der Waals surface area contributed by atoms with Gasteiger partial charge in [0.1, 0.15) is 23.6 Å². The minimum atomic E-state index is -0.250. The van der Waals surface area contributed by atoms with Crippen molar-refractivity contribution in [1.29, 1.82) is 5.41 Å². The van der Waals surface area contributed by atoms with E-state index in [0.717, 1.165) is 24.2 Å². The Morgan fingerprint density at radius 1 is 1.06 bits per heavy atom. The molecular formula is C25H23N5O2. The number of carbonyl (C=O) groups excluding carboxylic acids is 1. The van der Waals surface area contributed by atoms with Crippen LogP contribution in [-0.4, -0.2) is 33.7 Å². The number of para-hydroxylation sites is 1. The largest absolute Gasteiger partial charge is 0.457 e. The summed E-state index contributed by atoms with van der Waals surface area (Å²) in [5, 5.41) is 14.9. The van der Waals surface area contributed by atoms with Gasteiger partial charge in [0.05, 0.1) is 11.3 Å². The molecule has 0 atom stereocenters. The highest BCUT2D eigenvalue weighted by atomic mass is 16.5. The number of aromatic nitrogens is 2. The van der Waals surface area contributed by atoms with Gasteiger partial charge in [-0.1, -0.05) is 24.1 Å². The molecule has 160 valence electrons. The number of ether oxygens (including phenoxy) is 1. The van der Waals surface area contributed by atoms with Gasteiger partial charge in [0, 0.05) is 23.8 Å². The Balaban J connectivity index is 1.39. The predicted molar refractivity (Wildman–Crippen MR) is 123 cm³/mol. The number of rotatable bonds is 7. The van der Waals surface area contributed by atoms with Gasteiger partial charge in [-0.3, -0.25) is 10.2 Å². The Kier molecular flexibility index (Phi) is 6.42. The standard InChI is InChI=1S/C25H23N5O2/c1-2-6-23(31)29-18-13-19(14-18)30-25-22(15-27-16-28-25)24(26)17-9-11-21(12-10-17)32-20-7-4-3-5-8-20/h3-5,7-12,15-16,18-19,26H,13-14H2,1H3,(H,29,31)(H,27,28,30). The summed E-state index contributed by atoms with van der Waals surface area (Å²) in [6.45, 7) is 1.64. The molecule has 0 saturated heterocycles. The van der Waals surface area contributed by atoms with Crippen LogP contribution in [0.3, 0.4) is 0 Å². The van der Waals surface area contributed by atoms with E-state index in [1.807, 2.05) is 54.6 Å². The lowest BCUT2D eigenvalue weighted by molar-refractivity contribution is -0.116. The van der Waals surface area contributed by atoms with E-state index in [1.165, 1.54) is 6.33 Å². The first kappa shape index (κ1) is 21.1. The minimum absolute atomic E-state index is 0.0998. The molecule has 2 aromatic carbocycles. The monoisotopic (exact) mass is 425 g/mol. The number of amides is 1. The van der Waals surface area contributed by atoms with Crippen molar-refractivity contribution in [2.45, 2.75) is 31.8 Å². The van der Waals surface area contributed by atoms with E-state index in [-0.39, 0.29) is 18.0 Å². The summed E-state index contributed by atoms with van der Waals surface area (Å²) >= 11 is 0. The van der Waals surface area contributed by atoms with Crippen LogP contribution in [0.4, 0.5) is 5.82 Å². The lowest BCUT2D eigenvalue weighted by atomic mass is 9.86. The van der Waals surface area contributed by atoms with Crippen molar-refractivity contribution in [1.82, 2.24) is 15.3 Å². The fourth-order valence-corrected chi connectivity index (χ4v) is 3.48. The molecule has 1 amide bonds. The molecule has 3 aromatic rings. The van der Waals surface area contributed by atoms with Crippen molar-refractivity contribution in [3.05, 3.63) is 78.2 Å². The lowest BCUT2D eigenvalue weighted by Gasteiger charge is -2.36. The zero-order chi connectivity index (χ0) is 22.3. The third-order valence-electron chi connectivity index (χ3n) is 5.16. The molecule has 1 aromatic heterocycles. The molecule has 1 saturated carbocycles. The number of anilines is 1. The molecule has 0 unspecified atom stereocenters. The average Bonchev–Trinajstić information content (AvgIpc) is 2.79. The maximum absolute atomic E-state index is 11.6. The van der Waals surface area contributed by atoms with Gasteiger partial charge in [-0.15, -0.1) is 0 Å². The van der Waals surface area contributed by atoms with Crippen molar-refractivity contribution in [3.8, 4) is 23.3 Å². The number of nitrogens with zero attached hydrogens (tertiary/aromatic N) is 2. The minimum Gasteiger partial charge on any atom is -0.457 e. The third-order valence-corrected chi connectivity index (χ3v) is 5.16. The predicted octanol–water partition coefficient (Wildman–Crippen LogP) is 3.77. The van der Waals surface area contributed by atoms with Crippen molar-refractivity contribution in [2.24, 2.45) is 0 Å². The average molecular weight is 425 g/mol. The number of hydrogen-bond donors (Lipinski definition) is 3. The van der Waals surface area contributed by atoms with Gasteiger partial charge < -0.3 is 15.4 Å². The van der Waals surface area contributed by atoms with Gasteiger partial charge in [-0.2, -0.15) is 0 Å². The Bertz CT molecular complexity index is 1160. The molecule has 1 heterocycles. The van der Waals surface area contributed by atoms with Crippen LogP contribution in [0.15, 0.2) is 67.1 Å². The molecule has 1 aliphatic rings. The zero-order valence-corrected chi connectivity index (χ0v) is 17.6. The Labute approximate surface area is 186 Å². The Morgan fingerprint density at radius 2 is 1.78 bits per heavy atom. The molecule has 0 aliphatic heterocycles. The SMILES string of the molecule is CC#CC(=O)NC1CC(Nc2ncncc2C(=N)c2ccc(Oc3ccccc3)cc2)C1. The van der Waals surface area contributed by atoms with E-state index in [0.29, 0.717) is 22.8 Å². The molecule has 1 fully saturated rings. The number of nitrogens with one attached hydrogen (secondary N) is 3. The van der Waals surface area contributed by atoms with Gasteiger partial charge >= 0.3 is 0 Å². The van der Waals surface area contributed by atoms with Crippen molar-refractivity contribution < 1.29 is 9.53 Å². The van der Waals surface area contributed by atoms with Crippen LogP contribution >= 0.6 is 0 Å². The molecule has 0 bridgehead atoms. The molecule has 4 rings (SSSR count). The molecule has 7 nitrogen and oxygen atoms in total. The van der Waals surface area contributed by atoms with Crippen LogP contribution in [0.5, 0.6) is 11.5 Å². The topological polar surface area (TPSA) is 100.0 Å². The maximum atomic E-state index is 11.6. The van der Waals surface area contributed by atoms with Crippen molar-refractivity contribution in [2.75, 3.05) is 5.32 Å². The summed E-state index contributed by atoms with van der Waals surface area (Å²) in [5.41, 5.74) is 1.68. The van der Waals surface area contributed by atoms with Crippen molar-refractivity contribution >= 4 is 17.4 Å². The van der Waals surface area contributed by atoms with Crippen LogP contribution in [0, 0.1) is 17.3 Å². The van der Waals surface area contributed by atoms with Gasteiger partial charge in [-0.25, -0.2) is 9.97 Å². The third kappa shape index (κ3) is 5.10. The fraction of sp³-hybridized carbons (Fsp3) is 0.200. The molecule has 7 heteroatoms. The van der Waals surface area contributed by atoms with E-state index in [9.17, 15) is 4.79 Å². The van der Waals surface area contributed by atoms with E-state index < -0.39 is 0 Å². The zero-order valence-electron chi connectivity index (χ0n) is 17.6. The fourth-order valence-electron chi connectivity index (χ4n) is 3.48. The first-order valence-corrected chi connectivity index (χ1v) is 10.3. The van der Waals surface area contributed by atoms with Crippen LogP contribution < -0.4 is 15.4 Å². The van der Waals surface area contributed by atoms with Gasteiger partial charge in [0.15, 0.2) is 0 Å². The highest BCUT2D eigenvalue weighted by Crippen LogP contribution is 2.27. The van der Waals surface area contributed by atoms with Crippen LogP contribution in [0.25, 0.3) is 0 Å². The Hall–Kier alpha value is -4.18. The van der Waals surface area contributed by atoms with Crippen LogP contribution in [0.2, 0.25) is 0 Å². The second kappa shape index (κ2) is 9.75. The van der Waals surface area contributed by atoms with E-state index in [1.54, 1.807) is 13.1 Å². The highest BCUT2D eigenvalue weighted by molar-refractivity contribution is 6.13. The number of benzene rings is 2. The van der Waals surface area contributed by atoms with E-state index in [2.05, 4.69) is 32.4 Å². The van der Waals surface area contributed by atoms with Crippen molar-refractivity contribution in [3.63, 3.8) is 0 Å². The van der Waals surface area contributed by atoms with Gasteiger partial charge in [0.2, 0.25) is 0 Å². The molecule has 0 spiro atoms. The first-order chi connectivity index (χ1) is 15.6. The molecule has 1 aliphatic carbocycles. The molecule has 0 radical (unpaired) electrons. The van der Waals surface area contributed by atoms with E-state index >= 15 is 0 Å². The summed E-state index contributed by atoms with van der Waals surface area (Å²) in [6, 6.07) is 17.2. The normalized spacial score (nSPS) is 16.7. The van der Waals surface area contributed by atoms with Gasteiger partial charge in [-0.05, 0) is 62.1 Å². The molecular weight excluding hydrogens is 402 g/mol.